The molecule has 92 valence electrons. The van der Waals surface area contributed by atoms with Gasteiger partial charge in [-0.05, 0) is 49.4 Å². The molecule has 1 amide bonds. The number of carbonyl (C=O) groups is 1. The molecule has 0 bridgehead atoms. The third kappa shape index (κ3) is 3.19. The number of benzene rings is 1. The Labute approximate surface area is 105 Å². The maximum absolute atomic E-state index is 12.9. The second-order valence-electron chi connectivity index (χ2n) is 4.52. The van der Waals surface area contributed by atoms with Gasteiger partial charge in [0.15, 0.2) is 0 Å². The van der Waals surface area contributed by atoms with Gasteiger partial charge in [0.1, 0.15) is 5.82 Å². The summed E-state index contributed by atoms with van der Waals surface area (Å²) < 4.78 is 12.9. The second kappa shape index (κ2) is 5.05. The Balaban J connectivity index is 1.94. The van der Waals surface area contributed by atoms with E-state index in [1.165, 1.54) is 18.2 Å². The lowest BCUT2D eigenvalue weighted by Crippen LogP contribution is -2.31. The van der Waals surface area contributed by atoms with E-state index in [9.17, 15) is 9.18 Å². The lowest BCUT2D eigenvalue weighted by atomic mass is 10.1. The summed E-state index contributed by atoms with van der Waals surface area (Å²) in [5.41, 5.74) is 1.14. The molecule has 2 nitrogen and oxygen atoms in total. The first-order valence-corrected chi connectivity index (χ1v) is 6.20. The summed E-state index contributed by atoms with van der Waals surface area (Å²) in [6.07, 6.45) is 2.30. The third-order valence-electron chi connectivity index (χ3n) is 3.02. The van der Waals surface area contributed by atoms with E-state index in [1.54, 1.807) is 6.92 Å². The van der Waals surface area contributed by atoms with Crippen LogP contribution in [0.5, 0.6) is 0 Å². The number of alkyl halides is 1. The minimum Gasteiger partial charge on any atom is -0.351 e. The molecular formula is C13H15ClFNO. The van der Waals surface area contributed by atoms with Crippen molar-refractivity contribution in [1.82, 2.24) is 5.32 Å². The topological polar surface area (TPSA) is 29.1 Å². The van der Waals surface area contributed by atoms with Gasteiger partial charge in [-0.1, -0.05) is 0 Å². The molecule has 17 heavy (non-hydrogen) atoms. The van der Waals surface area contributed by atoms with Crippen molar-refractivity contribution in [2.45, 2.75) is 25.1 Å². The number of hydrogen-bond donors (Lipinski definition) is 1. The van der Waals surface area contributed by atoms with E-state index in [1.807, 2.05) is 0 Å². The van der Waals surface area contributed by atoms with Crippen LogP contribution < -0.4 is 5.32 Å². The van der Waals surface area contributed by atoms with Gasteiger partial charge in [-0.3, -0.25) is 4.79 Å². The first-order valence-electron chi connectivity index (χ1n) is 5.76. The Morgan fingerprint density at radius 1 is 1.59 bits per heavy atom. The van der Waals surface area contributed by atoms with Crippen LogP contribution in [0.25, 0.3) is 0 Å². The van der Waals surface area contributed by atoms with Gasteiger partial charge in [0.2, 0.25) is 0 Å². The predicted octanol–water partition coefficient (Wildman–Crippen LogP) is 2.88. The van der Waals surface area contributed by atoms with Crippen LogP contribution in [0.15, 0.2) is 18.2 Å². The highest BCUT2D eigenvalue weighted by molar-refractivity contribution is 6.21. The Morgan fingerprint density at radius 2 is 2.29 bits per heavy atom. The molecule has 1 aromatic carbocycles. The van der Waals surface area contributed by atoms with Gasteiger partial charge in [0.25, 0.3) is 5.91 Å². The fourth-order valence-electron chi connectivity index (χ4n) is 1.79. The van der Waals surface area contributed by atoms with Gasteiger partial charge < -0.3 is 5.32 Å². The molecule has 0 aromatic heterocycles. The number of rotatable bonds is 4. The first-order chi connectivity index (χ1) is 8.08. The summed E-state index contributed by atoms with van der Waals surface area (Å²) in [5.74, 6) is 0.0346. The zero-order valence-corrected chi connectivity index (χ0v) is 10.4. The maximum Gasteiger partial charge on any atom is 0.251 e. The van der Waals surface area contributed by atoms with Crippen molar-refractivity contribution in [2.24, 2.45) is 5.92 Å². The smallest absolute Gasteiger partial charge is 0.251 e. The molecule has 0 aliphatic heterocycles. The van der Waals surface area contributed by atoms with Crippen LogP contribution in [-0.4, -0.2) is 17.8 Å². The van der Waals surface area contributed by atoms with Gasteiger partial charge in [-0.25, -0.2) is 4.39 Å². The maximum atomic E-state index is 12.9. The summed E-state index contributed by atoms with van der Waals surface area (Å²) in [7, 11) is 0. The SMILES string of the molecule is Cc1cc(F)ccc1C(=O)NCC(Cl)C1CC1. The average molecular weight is 256 g/mol. The van der Waals surface area contributed by atoms with Crippen LogP contribution in [0.3, 0.4) is 0 Å². The van der Waals surface area contributed by atoms with Crippen molar-refractivity contribution < 1.29 is 9.18 Å². The van der Waals surface area contributed by atoms with Crippen molar-refractivity contribution >= 4 is 17.5 Å². The fourth-order valence-corrected chi connectivity index (χ4v) is 2.12. The van der Waals surface area contributed by atoms with E-state index in [0.717, 1.165) is 12.8 Å². The minimum absolute atomic E-state index is 0.0136. The molecule has 1 atom stereocenters. The van der Waals surface area contributed by atoms with Crippen LogP contribution in [0.2, 0.25) is 0 Å². The zero-order chi connectivity index (χ0) is 12.4. The Bertz CT molecular complexity index is 431. The van der Waals surface area contributed by atoms with Gasteiger partial charge in [0, 0.05) is 12.1 Å². The highest BCUT2D eigenvalue weighted by atomic mass is 35.5. The Morgan fingerprint density at radius 3 is 2.88 bits per heavy atom. The molecular weight excluding hydrogens is 241 g/mol. The molecule has 1 N–H and O–H groups in total. The summed E-state index contributed by atoms with van der Waals surface area (Å²) in [5, 5.41) is 2.80. The van der Waals surface area contributed by atoms with Gasteiger partial charge in [-0.2, -0.15) is 0 Å². The summed E-state index contributed by atoms with van der Waals surface area (Å²) in [6.45, 7) is 2.19. The molecule has 2 rings (SSSR count). The highest BCUT2D eigenvalue weighted by Gasteiger charge is 2.29. The van der Waals surface area contributed by atoms with Crippen LogP contribution in [0.1, 0.15) is 28.8 Å². The van der Waals surface area contributed by atoms with Gasteiger partial charge in [-0.15, -0.1) is 11.6 Å². The molecule has 0 heterocycles. The average Bonchev–Trinajstić information content (AvgIpc) is 3.09. The van der Waals surface area contributed by atoms with E-state index in [4.69, 9.17) is 11.6 Å². The molecule has 0 saturated heterocycles. The van der Waals surface area contributed by atoms with E-state index >= 15 is 0 Å². The molecule has 4 heteroatoms. The standard InChI is InChI=1S/C13H15ClFNO/c1-8-6-10(15)4-5-11(8)13(17)16-7-12(14)9-2-3-9/h4-6,9,12H,2-3,7H2,1H3,(H,16,17). The van der Waals surface area contributed by atoms with E-state index < -0.39 is 0 Å². The molecule has 1 saturated carbocycles. The van der Waals surface area contributed by atoms with Gasteiger partial charge in [0.05, 0.1) is 5.38 Å². The lowest BCUT2D eigenvalue weighted by Gasteiger charge is -2.11. The van der Waals surface area contributed by atoms with Crippen molar-refractivity contribution in [3.63, 3.8) is 0 Å². The Hall–Kier alpha value is -1.09. The normalized spacial score (nSPS) is 16.6. The molecule has 1 aliphatic rings. The summed E-state index contributed by atoms with van der Waals surface area (Å²) in [6, 6.07) is 4.15. The fraction of sp³-hybridized carbons (Fsp3) is 0.462. The lowest BCUT2D eigenvalue weighted by molar-refractivity contribution is 0.0952. The number of carbonyl (C=O) groups excluding carboxylic acids is 1. The van der Waals surface area contributed by atoms with Crippen molar-refractivity contribution in [1.29, 1.82) is 0 Å². The number of nitrogens with one attached hydrogen (secondary N) is 1. The number of hydrogen-bond acceptors (Lipinski definition) is 1. The highest BCUT2D eigenvalue weighted by Crippen LogP contribution is 2.35. The number of aryl methyl sites for hydroxylation is 1. The molecule has 1 unspecified atom stereocenters. The third-order valence-corrected chi connectivity index (χ3v) is 3.53. The largest absolute Gasteiger partial charge is 0.351 e. The van der Waals surface area contributed by atoms with Crippen LogP contribution in [-0.2, 0) is 0 Å². The summed E-state index contributed by atoms with van der Waals surface area (Å²) in [4.78, 5) is 11.8. The van der Waals surface area contributed by atoms with Crippen molar-refractivity contribution in [2.75, 3.05) is 6.54 Å². The van der Waals surface area contributed by atoms with Crippen molar-refractivity contribution in [3.8, 4) is 0 Å². The molecule has 0 radical (unpaired) electrons. The molecule has 1 aromatic rings. The van der Waals surface area contributed by atoms with Gasteiger partial charge >= 0.3 is 0 Å². The van der Waals surface area contributed by atoms with Crippen molar-refractivity contribution in [3.05, 3.63) is 35.1 Å². The quantitative estimate of drug-likeness (QED) is 0.824. The molecule has 0 spiro atoms. The van der Waals surface area contributed by atoms with Crippen LogP contribution in [0, 0.1) is 18.7 Å². The first kappa shape index (κ1) is 12.4. The number of amides is 1. The Kier molecular flexibility index (Phi) is 3.67. The zero-order valence-electron chi connectivity index (χ0n) is 9.67. The van der Waals surface area contributed by atoms with E-state index in [2.05, 4.69) is 5.32 Å². The van der Waals surface area contributed by atoms with Crippen LogP contribution in [0.4, 0.5) is 4.39 Å². The molecule has 1 aliphatic carbocycles. The summed E-state index contributed by atoms with van der Waals surface area (Å²) >= 11 is 6.10. The van der Waals surface area contributed by atoms with Crippen LogP contribution >= 0.6 is 11.6 Å². The predicted molar refractivity (Wildman–Crippen MR) is 65.8 cm³/mol. The second-order valence-corrected chi connectivity index (χ2v) is 5.08. The van der Waals surface area contributed by atoms with E-state index in [0.29, 0.717) is 23.6 Å². The monoisotopic (exact) mass is 255 g/mol. The minimum atomic E-state index is -0.327. The van der Waals surface area contributed by atoms with E-state index in [-0.39, 0.29) is 17.1 Å². The molecule has 1 fully saturated rings. The number of halogens is 2.